The smallest absolute Gasteiger partial charge is 0.137 e. The molecule has 2 unspecified atom stereocenters. The fraction of sp³-hybridized carbons (Fsp3) is 0.758. The van der Waals surface area contributed by atoms with Crippen LogP contribution in [0.5, 0.6) is 17.2 Å². The minimum absolute atomic E-state index is 0.0139. The van der Waals surface area contributed by atoms with Crippen LogP contribution in [-0.2, 0) is 0 Å². The maximum atomic E-state index is 11.0. The summed E-state index contributed by atoms with van der Waals surface area (Å²) in [5, 5.41) is 22.0. The maximum absolute atomic E-state index is 11.0. The summed E-state index contributed by atoms with van der Waals surface area (Å²) in [6.45, 7) is 20.1. The Morgan fingerprint density at radius 3 is 1.76 bits per heavy atom. The lowest BCUT2D eigenvalue weighted by atomic mass is 9.60. The van der Waals surface area contributed by atoms with Gasteiger partial charge in [0.25, 0.3) is 0 Å². The molecule has 8 atom stereocenters. The number of hydrogen-bond donors (Lipinski definition) is 2. The van der Waals surface area contributed by atoms with Crippen molar-refractivity contribution in [2.75, 3.05) is 21.3 Å². The normalized spacial score (nSPS) is 32.2. The summed E-state index contributed by atoms with van der Waals surface area (Å²) < 4.78 is 18.2. The molecule has 38 heavy (non-hydrogen) atoms. The third-order valence-corrected chi connectivity index (χ3v) is 10.8. The lowest BCUT2D eigenvalue weighted by molar-refractivity contribution is 0.106. The van der Waals surface area contributed by atoms with Crippen molar-refractivity contribution < 1.29 is 24.4 Å². The number of aliphatic hydroxyl groups is 2. The van der Waals surface area contributed by atoms with E-state index in [-0.39, 0.29) is 11.3 Å². The van der Waals surface area contributed by atoms with Gasteiger partial charge in [-0.1, -0.05) is 46.8 Å². The predicted octanol–water partition coefficient (Wildman–Crippen LogP) is 7.60. The fourth-order valence-corrected chi connectivity index (χ4v) is 9.04. The number of methoxy groups -OCH3 is 3. The first-order chi connectivity index (χ1) is 17.8. The lowest BCUT2D eigenvalue weighted by Gasteiger charge is -2.45. The molecule has 0 heterocycles. The van der Waals surface area contributed by atoms with Crippen LogP contribution in [0.4, 0.5) is 0 Å². The van der Waals surface area contributed by atoms with Crippen molar-refractivity contribution in [2.45, 2.75) is 98.7 Å². The molecule has 0 aliphatic heterocycles. The van der Waals surface area contributed by atoms with Crippen molar-refractivity contribution in [3.05, 3.63) is 28.8 Å². The molecular weight excluding hydrogens is 476 g/mol. The van der Waals surface area contributed by atoms with E-state index in [1.165, 1.54) is 18.4 Å². The number of allylic oxidation sites excluding steroid dienone is 1. The van der Waals surface area contributed by atoms with Gasteiger partial charge < -0.3 is 24.4 Å². The number of aliphatic hydroxyl groups excluding tert-OH is 2. The van der Waals surface area contributed by atoms with E-state index in [0.29, 0.717) is 57.5 Å². The summed E-state index contributed by atoms with van der Waals surface area (Å²) >= 11 is 0. The van der Waals surface area contributed by atoms with E-state index in [2.05, 4.69) is 41.2 Å². The van der Waals surface area contributed by atoms with E-state index in [1.54, 1.807) is 35.2 Å². The van der Waals surface area contributed by atoms with Gasteiger partial charge in [-0.2, -0.15) is 0 Å². The first kappa shape index (κ1) is 29.3. The molecule has 1 aromatic rings. The van der Waals surface area contributed by atoms with E-state index in [9.17, 15) is 10.2 Å². The highest BCUT2D eigenvalue weighted by Crippen LogP contribution is 2.75. The first-order valence-electron chi connectivity index (χ1n) is 14.7. The standard InChI is InChI=1S/C33H52O5/c1-17(2)16-23(33(8)15-14-21-18(3)12-13-22-28(27(21)33)32(22,6)7)26-30(37-10)24(19(4)34)29(36-9)25(20(5)35)31(26)38-11/h17,19-23,27-28,34-35H,3,12-16H2,1-2,4-11H3/t19?,20?,21-,22+,23-,27+,28+,33+/m0/s1. The molecule has 0 saturated heterocycles. The zero-order chi connectivity index (χ0) is 28.3. The third kappa shape index (κ3) is 4.36. The SMILES string of the molecule is C=C1CC[C@@H]2[C@H]([C@H]3[C@H]1CC[C@]3(C)[C@@H](CC(C)C)c1c(OC)c(C(C)O)c(OC)c(C(C)O)c1OC)C2(C)C. The highest BCUT2D eigenvalue weighted by atomic mass is 16.5. The molecule has 3 fully saturated rings. The van der Waals surface area contributed by atoms with Crippen LogP contribution in [0.25, 0.3) is 0 Å². The second kappa shape index (κ2) is 10.4. The molecule has 0 aromatic heterocycles. The van der Waals surface area contributed by atoms with Crippen LogP contribution < -0.4 is 14.2 Å². The first-order valence-corrected chi connectivity index (χ1v) is 14.7. The van der Waals surface area contributed by atoms with Gasteiger partial charge in [-0.3, -0.25) is 0 Å². The molecule has 5 heteroatoms. The third-order valence-electron chi connectivity index (χ3n) is 10.8. The Bertz CT molecular complexity index is 1020. The minimum Gasteiger partial charge on any atom is -0.496 e. The van der Waals surface area contributed by atoms with Gasteiger partial charge in [0.05, 0.1) is 44.7 Å². The van der Waals surface area contributed by atoms with Gasteiger partial charge in [0.1, 0.15) is 17.2 Å². The van der Waals surface area contributed by atoms with Crippen molar-refractivity contribution in [1.29, 1.82) is 0 Å². The van der Waals surface area contributed by atoms with Crippen molar-refractivity contribution in [2.24, 2.45) is 40.4 Å². The number of hydrogen-bond acceptors (Lipinski definition) is 5. The second-order valence-electron chi connectivity index (χ2n) is 13.7. The van der Waals surface area contributed by atoms with Gasteiger partial charge in [0.2, 0.25) is 0 Å². The quantitative estimate of drug-likeness (QED) is 0.323. The average molecular weight is 529 g/mol. The number of ether oxygens (including phenoxy) is 3. The Balaban J connectivity index is 2.03. The highest BCUT2D eigenvalue weighted by molar-refractivity contribution is 5.66. The van der Waals surface area contributed by atoms with Crippen LogP contribution in [0.15, 0.2) is 12.2 Å². The monoisotopic (exact) mass is 528 g/mol. The molecule has 214 valence electrons. The molecule has 3 aliphatic carbocycles. The van der Waals surface area contributed by atoms with E-state index < -0.39 is 12.2 Å². The number of rotatable bonds is 9. The zero-order valence-electron chi connectivity index (χ0n) is 25.5. The van der Waals surface area contributed by atoms with Crippen molar-refractivity contribution in [3.8, 4) is 17.2 Å². The molecule has 0 spiro atoms. The summed E-state index contributed by atoms with van der Waals surface area (Å²) in [5.41, 5.74) is 3.92. The maximum Gasteiger partial charge on any atom is 0.137 e. The van der Waals surface area contributed by atoms with Gasteiger partial charge in [-0.15, -0.1) is 0 Å². The Morgan fingerprint density at radius 1 is 0.816 bits per heavy atom. The van der Waals surface area contributed by atoms with E-state index >= 15 is 0 Å². The van der Waals surface area contributed by atoms with Crippen molar-refractivity contribution in [1.82, 2.24) is 0 Å². The van der Waals surface area contributed by atoms with Gasteiger partial charge in [0.15, 0.2) is 0 Å². The number of fused-ring (bicyclic) bond motifs is 3. The Kier molecular flexibility index (Phi) is 7.97. The van der Waals surface area contributed by atoms with Crippen LogP contribution in [0, 0.1) is 40.4 Å². The molecule has 5 nitrogen and oxygen atoms in total. The van der Waals surface area contributed by atoms with Crippen LogP contribution in [0.2, 0.25) is 0 Å². The highest BCUT2D eigenvalue weighted by Gasteiger charge is 2.68. The second-order valence-corrected chi connectivity index (χ2v) is 13.7. The van der Waals surface area contributed by atoms with Crippen molar-refractivity contribution >= 4 is 0 Å². The number of benzene rings is 1. The predicted molar refractivity (Wildman–Crippen MR) is 153 cm³/mol. The molecular formula is C33H52O5. The zero-order valence-corrected chi connectivity index (χ0v) is 25.5. The summed E-state index contributed by atoms with van der Waals surface area (Å²) in [5.74, 6) is 4.75. The Hall–Kier alpha value is -1.72. The van der Waals surface area contributed by atoms with Gasteiger partial charge in [0, 0.05) is 5.56 Å². The lowest BCUT2D eigenvalue weighted by Crippen LogP contribution is -2.36. The van der Waals surface area contributed by atoms with Gasteiger partial charge in [-0.05, 0) is 92.3 Å². The fourth-order valence-electron chi connectivity index (χ4n) is 9.04. The topological polar surface area (TPSA) is 68.2 Å². The summed E-state index contributed by atoms with van der Waals surface area (Å²) in [6, 6.07) is 0. The molecule has 2 N–H and O–H groups in total. The Morgan fingerprint density at radius 2 is 1.32 bits per heavy atom. The van der Waals surface area contributed by atoms with E-state index in [1.807, 2.05) is 0 Å². The molecule has 4 rings (SSSR count). The largest absolute Gasteiger partial charge is 0.496 e. The van der Waals surface area contributed by atoms with Crippen LogP contribution in [0.3, 0.4) is 0 Å². The van der Waals surface area contributed by atoms with Crippen LogP contribution in [0.1, 0.15) is 115 Å². The molecule has 3 aliphatic rings. The minimum atomic E-state index is -0.838. The molecule has 0 amide bonds. The molecule has 3 saturated carbocycles. The van der Waals surface area contributed by atoms with E-state index in [4.69, 9.17) is 14.2 Å². The van der Waals surface area contributed by atoms with Crippen LogP contribution in [-0.4, -0.2) is 31.5 Å². The van der Waals surface area contributed by atoms with Gasteiger partial charge >= 0.3 is 0 Å². The Labute approximate surface area is 231 Å². The molecule has 0 bridgehead atoms. The van der Waals surface area contributed by atoms with Crippen LogP contribution >= 0.6 is 0 Å². The average Bonchev–Trinajstić information content (AvgIpc) is 3.27. The summed E-state index contributed by atoms with van der Waals surface area (Å²) in [4.78, 5) is 0. The van der Waals surface area contributed by atoms with Gasteiger partial charge in [-0.25, -0.2) is 0 Å². The molecule has 0 radical (unpaired) electrons. The van der Waals surface area contributed by atoms with E-state index in [0.717, 1.165) is 30.7 Å². The summed E-state index contributed by atoms with van der Waals surface area (Å²) in [6.07, 6.45) is 3.96. The van der Waals surface area contributed by atoms with Crippen molar-refractivity contribution in [3.63, 3.8) is 0 Å². The molecule has 1 aromatic carbocycles. The summed E-state index contributed by atoms with van der Waals surface area (Å²) in [7, 11) is 4.92.